The van der Waals surface area contributed by atoms with E-state index >= 15 is 0 Å². The summed E-state index contributed by atoms with van der Waals surface area (Å²) in [6, 6.07) is 0.205. The Kier molecular flexibility index (Phi) is 6.19. The van der Waals surface area contributed by atoms with E-state index in [0.717, 1.165) is 36.3 Å². The van der Waals surface area contributed by atoms with Crippen LogP contribution in [0.4, 0.5) is 0 Å². The van der Waals surface area contributed by atoms with Gasteiger partial charge in [0.25, 0.3) is 0 Å². The summed E-state index contributed by atoms with van der Waals surface area (Å²) in [5, 5.41) is 4.41. The summed E-state index contributed by atoms with van der Waals surface area (Å²) in [4.78, 5) is 4.73. The molecule has 0 aliphatic carbocycles. The van der Waals surface area contributed by atoms with E-state index < -0.39 is 0 Å². The van der Waals surface area contributed by atoms with Gasteiger partial charge in [-0.3, -0.25) is 4.68 Å². The Labute approximate surface area is 135 Å². The van der Waals surface area contributed by atoms with Gasteiger partial charge in [0.05, 0.1) is 35.6 Å². The minimum Gasteiger partial charge on any atom is -0.383 e. The molecule has 1 fully saturated rings. The van der Waals surface area contributed by atoms with Crippen molar-refractivity contribution in [1.29, 1.82) is 0 Å². The summed E-state index contributed by atoms with van der Waals surface area (Å²) >= 11 is 3.59. The van der Waals surface area contributed by atoms with Crippen molar-refractivity contribution in [2.24, 2.45) is 5.73 Å². The Balaban J connectivity index is 2.21. The molecule has 7 heteroatoms. The zero-order valence-electron chi connectivity index (χ0n) is 13.1. The van der Waals surface area contributed by atoms with E-state index in [0.29, 0.717) is 6.61 Å². The summed E-state index contributed by atoms with van der Waals surface area (Å²) in [5.74, 6) is 0. The van der Waals surface area contributed by atoms with Crippen molar-refractivity contribution in [2.45, 2.75) is 25.0 Å². The van der Waals surface area contributed by atoms with Gasteiger partial charge in [-0.15, -0.1) is 0 Å². The number of methoxy groups -OCH3 is 1. The molecule has 0 amide bonds. The average molecular weight is 360 g/mol. The van der Waals surface area contributed by atoms with E-state index in [1.54, 1.807) is 7.11 Å². The molecule has 2 atom stereocenters. The van der Waals surface area contributed by atoms with Crippen LogP contribution in [-0.4, -0.2) is 73.1 Å². The summed E-state index contributed by atoms with van der Waals surface area (Å²) in [5.41, 5.74) is 7.66. The maximum absolute atomic E-state index is 6.61. The van der Waals surface area contributed by atoms with Crippen molar-refractivity contribution in [3.63, 3.8) is 0 Å². The van der Waals surface area contributed by atoms with Gasteiger partial charge in [-0.25, -0.2) is 0 Å². The highest BCUT2D eigenvalue weighted by Gasteiger charge is 2.30. The average Bonchev–Trinajstić information content (AvgIpc) is 2.73. The van der Waals surface area contributed by atoms with E-state index in [-0.39, 0.29) is 12.1 Å². The molecule has 1 aromatic heterocycles. The SMILES string of the molecule is COCCn1ncc(Br)c1C(N)C1CN(C)CCCN1C. The normalized spacial score (nSPS) is 23.2. The molecule has 0 aromatic carbocycles. The van der Waals surface area contributed by atoms with Crippen molar-refractivity contribution in [2.75, 3.05) is 47.4 Å². The van der Waals surface area contributed by atoms with Crippen LogP contribution in [0, 0.1) is 0 Å². The summed E-state index contributed by atoms with van der Waals surface area (Å²) < 4.78 is 8.09. The van der Waals surface area contributed by atoms with Gasteiger partial charge in [0.15, 0.2) is 0 Å². The second kappa shape index (κ2) is 7.69. The molecule has 120 valence electrons. The van der Waals surface area contributed by atoms with Crippen LogP contribution in [0.5, 0.6) is 0 Å². The van der Waals surface area contributed by atoms with Gasteiger partial charge < -0.3 is 20.3 Å². The lowest BCUT2D eigenvalue weighted by molar-refractivity contribution is 0.173. The minimum atomic E-state index is -0.0794. The Bertz CT molecular complexity index is 453. The molecule has 1 aromatic rings. The smallest absolute Gasteiger partial charge is 0.0711 e. The molecule has 0 saturated carbocycles. The molecule has 0 radical (unpaired) electrons. The molecule has 2 rings (SSSR count). The molecular formula is C14H26BrN5O. The van der Waals surface area contributed by atoms with Gasteiger partial charge in [-0.2, -0.15) is 5.10 Å². The number of nitrogens with two attached hydrogens (primary N) is 1. The monoisotopic (exact) mass is 359 g/mol. The number of hydrogen-bond donors (Lipinski definition) is 1. The van der Waals surface area contributed by atoms with Crippen LogP contribution in [0.2, 0.25) is 0 Å². The fourth-order valence-corrected chi connectivity index (χ4v) is 3.50. The molecule has 2 unspecified atom stereocenters. The zero-order chi connectivity index (χ0) is 15.4. The fourth-order valence-electron chi connectivity index (χ4n) is 2.94. The summed E-state index contributed by atoms with van der Waals surface area (Å²) in [7, 11) is 6.02. The van der Waals surface area contributed by atoms with Gasteiger partial charge in [-0.05, 0) is 49.5 Å². The Morgan fingerprint density at radius 2 is 2.24 bits per heavy atom. The molecule has 1 saturated heterocycles. The quantitative estimate of drug-likeness (QED) is 0.847. The molecule has 0 spiro atoms. The van der Waals surface area contributed by atoms with E-state index in [1.165, 1.54) is 6.42 Å². The lowest BCUT2D eigenvalue weighted by atomic mass is 10.0. The summed E-state index contributed by atoms with van der Waals surface area (Å²) in [6.07, 6.45) is 3.01. The lowest BCUT2D eigenvalue weighted by Crippen LogP contribution is -2.46. The van der Waals surface area contributed by atoms with Crippen LogP contribution < -0.4 is 5.73 Å². The third-order valence-corrected chi connectivity index (χ3v) is 4.80. The maximum Gasteiger partial charge on any atom is 0.0711 e. The number of nitrogens with zero attached hydrogens (tertiary/aromatic N) is 4. The lowest BCUT2D eigenvalue weighted by Gasteiger charge is -2.32. The van der Waals surface area contributed by atoms with E-state index in [1.807, 2.05) is 10.9 Å². The largest absolute Gasteiger partial charge is 0.383 e. The highest BCUT2D eigenvalue weighted by Crippen LogP contribution is 2.27. The summed E-state index contributed by atoms with van der Waals surface area (Å²) in [6.45, 7) is 4.52. The topological polar surface area (TPSA) is 59.6 Å². The Morgan fingerprint density at radius 3 is 2.95 bits per heavy atom. The van der Waals surface area contributed by atoms with E-state index in [9.17, 15) is 0 Å². The van der Waals surface area contributed by atoms with E-state index in [2.05, 4.69) is 44.9 Å². The Morgan fingerprint density at radius 1 is 1.48 bits per heavy atom. The first-order valence-corrected chi connectivity index (χ1v) is 8.18. The van der Waals surface area contributed by atoms with Crippen LogP contribution in [-0.2, 0) is 11.3 Å². The molecule has 2 heterocycles. The van der Waals surface area contributed by atoms with Gasteiger partial charge in [0.1, 0.15) is 0 Å². The Hall–Kier alpha value is -0.470. The molecule has 0 bridgehead atoms. The first-order chi connectivity index (χ1) is 10.0. The standard InChI is InChI=1S/C14H26BrN5O/c1-18-5-4-6-19(2)12(10-18)13(16)14-11(15)9-17-20(14)7-8-21-3/h9,12-13H,4-8,10,16H2,1-3H3. The second-order valence-electron chi connectivity index (χ2n) is 5.78. The van der Waals surface area contributed by atoms with E-state index in [4.69, 9.17) is 10.5 Å². The zero-order valence-corrected chi connectivity index (χ0v) is 14.7. The van der Waals surface area contributed by atoms with Crippen molar-refractivity contribution < 1.29 is 4.74 Å². The highest BCUT2D eigenvalue weighted by atomic mass is 79.9. The van der Waals surface area contributed by atoms with Crippen LogP contribution in [0.3, 0.4) is 0 Å². The van der Waals surface area contributed by atoms with Crippen LogP contribution in [0.1, 0.15) is 18.2 Å². The molecular weight excluding hydrogens is 334 g/mol. The number of ether oxygens (including phenoxy) is 1. The fraction of sp³-hybridized carbons (Fsp3) is 0.786. The van der Waals surface area contributed by atoms with Crippen molar-refractivity contribution in [3.05, 3.63) is 16.4 Å². The number of hydrogen-bond acceptors (Lipinski definition) is 5. The van der Waals surface area contributed by atoms with Crippen LogP contribution >= 0.6 is 15.9 Å². The first kappa shape index (κ1) is 16.9. The molecule has 21 heavy (non-hydrogen) atoms. The van der Waals surface area contributed by atoms with Gasteiger partial charge >= 0.3 is 0 Å². The number of halogens is 1. The van der Waals surface area contributed by atoms with Crippen molar-refractivity contribution in [1.82, 2.24) is 19.6 Å². The second-order valence-corrected chi connectivity index (χ2v) is 6.64. The van der Waals surface area contributed by atoms with Crippen LogP contribution in [0.25, 0.3) is 0 Å². The maximum atomic E-state index is 6.61. The molecule has 6 nitrogen and oxygen atoms in total. The van der Waals surface area contributed by atoms with Gasteiger partial charge in [0.2, 0.25) is 0 Å². The third-order valence-electron chi connectivity index (χ3n) is 4.19. The predicted molar refractivity (Wildman–Crippen MR) is 87.3 cm³/mol. The van der Waals surface area contributed by atoms with Gasteiger partial charge in [0, 0.05) is 19.7 Å². The number of likely N-dealkylation sites (N-methyl/N-ethyl adjacent to an activating group) is 2. The molecule has 2 N–H and O–H groups in total. The minimum absolute atomic E-state index is 0.0794. The predicted octanol–water partition coefficient (Wildman–Crippen LogP) is 0.928. The van der Waals surface area contributed by atoms with Crippen LogP contribution in [0.15, 0.2) is 10.7 Å². The molecule has 1 aliphatic heterocycles. The number of rotatable bonds is 5. The van der Waals surface area contributed by atoms with Crippen molar-refractivity contribution >= 4 is 15.9 Å². The third kappa shape index (κ3) is 4.04. The first-order valence-electron chi connectivity index (χ1n) is 7.39. The van der Waals surface area contributed by atoms with Crippen molar-refractivity contribution in [3.8, 4) is 0 Å². The number of aromatic nitrogens is 2. The molecule has 1 aliphatic rings. The van der Waals surface area contributed by atoms with Gasteiger partial charge in [-0.1, -0.05) is 0 Å². The highest BCUT2D eigenvalue weighted by molar-refractivity contribution is 9.10.